The molecule has 0 amide bonds. The number of fused-ring (bicyclic) bond motifs is 1. The normalized spacial score (nSPS) is 36.1. The van der Waals surface area contributed by atoms with Crippen LogP contribution in [0.5, 0.6) is 0 Å². The molecule has 4 nitrogen and oxygen atoms in total. The van der Waals surface area contributed by atoms with Crippen molar-refractivity contribution in [2.24, 2.45) is 0 Å². The Morgan fingerprint density at radius 3 is 3.23 bits per heavy atom. The molecule has 0 aromatic rings. The molecule has 2 rings (SSSR count). The van der Waals surface area contributed by atoms with Gasteiger partial charge >= 0.3 is 5.97 Å². The summed E-state index contributed by atoms with van der Waals surface area (Å²) in [7, 11) is 3.66. The molecule has 1 heterocycles. The minimum absolute atomic E-state index is 0.0658. The number of aliphatic carboxylic acids is 1. The summed E-state index contributed by atoms with van der Waals surface area (Å²) in [5.74, 6) is -0.935. The molecule has 1 aliphatic heterocycles. The van der Waals surface area contributed by atoms with Crippen LogP contribution < -0.4 is 5.32 Å². The van der Waals surface area contributed by atoms with E-state index in [1.54, 1.807) is 11.4 Å². The van der Waals surface area contributed by atoms with Gasteiger partial charge in [0.1, 0.15) is 11.7 Å². The monoisotopic (exact) mass is 181 g/mol. The molecule has 0 aromatic carbocycles. The zero-order chi connectivity index (χ0) is 9.47. The Labute approximate surface area is 75.9 Å². The van der Waals surface area contributed by atoms with Crippen LogP contribution in [0, 0.1) is 7.05 Å². The molecule has 0 saturated carbocycles. The number of hydrogen-bond acceptors (Lipinski definition) is 2. The zero-order valence-corrected chi connectivity index (χ0v) is 7.06. The minimum atomic E-state index is -0.935. The maximum atomic E-state index is 10.3. The van der Waals surface area contributed by atoms with Crippen LogP contribution in [0.15, 0.2) is 23.9 Å². The second-order valence-electron chi connectivity index (χ2n) is 3.29. The average Bonchev–Trinajstić information content (AvgIpc) is 2.66. The Kier molecular flexibility index (Phi) is 1.75. The van der Waals surface area contributed by atoms with Gasteiger partial charge < -0.3 is 15.2 Å². The van der Waals surface area contributed by atoms with Crippen molar-refractivity contribution in [2.75, 3.05) is 0 Å². The van der Waals surface area contributed by atoms with Crippen LogP contribution in [0.1, 0.15) is 6.42 Å². The lowest BCUT2D eigenvalue weighted by Crippen LogP contribution is -2.74. The summed E-state index contributed by atoms with van der Waals surface area (Å²) >= 11 is 0. The number of epoxide rings is 1. The van der Waals surface area contributed by atoms with Gasteiger partial charge in [-0.05, 0) is 6.08 Å². The Hall–Kier alpha value is -1.13. The first kappa shape index (κ1) is 8.47. The summed E-state index contributed by atoms with van der Waals surface area (Å²) in [6.07, 6.45) is 5.55. The van der Waals surface area contributed by atoms with Crippen LogP contribution in [-0.4, -0.2) is 22.8 Å². The third kappa shape index (κ3) is 1.38. The third-order valence-corrected chi connectivity index (χ3v) is 2.39. The molecule has 4 heteroatoms. The van der Waals surface area contributed by atoms with E-state index in [4.69, 9.17) is 9.84 Å². The predicted molar refractivity (Wildman–Crippen MR) is 44.4 cm³/mol. The van der Waals surface area contributed by atoms with Crippen LogP contribution in [-0.2, 0) is 9.53 Å². The topological polar surface area (TPSA) is 66.4 Å². The summed E-state index contributed by atoms with van der Waals surface area (Å²) in [6, 6.07) is 0. The van der Waals surface area contributed by atoms with Gasteiger partial charge in [0.2, 0.25) is 0 Å². The van der Waals surface area contributed by atoms with E-state index in [1.807, 2.05) is 6.08 Å². The van der Waals surface area contributed by atoms with E-state index < -0.39 is 5.97 Å². The van der Waals surface area contributed by atoms with Gasteiger partial charge in [-0.1, -0.05) is 0 Å². The highest BCUT2D eigenvalue weighted by Gasteiger charge is 2.58. The summed E-state index contributed by atoms with van der Waals surface area (Å²) in [5.41, 5.74) is 0.772. The van der Waals surface area contributed by atoms with Gasteiger partial charge in [-0.15, -0.1) is 7.05 Å². The number of carbonyl (C=O) groups is 1. The van der Waals surface area contributed by atoms with Crippen molar-refractivity contribution in [3.8, 4) is 0 Å². The van der Waals surface area contributed by atoms with Crippen LogP contribution in [0.2, 0.25) is 0 Å². The Morgan fingerprint density at radius 2 is 2.69 bits per heavy atom. The van der Waals surface area contributed by atoms with E-state index >= 15 is 0 Å². The Balaban J connectivity index is 2.02. The van der Waals surface area contributed by atoms with E-state index in [0.717, 1.165) is 18.2 Å². The molecule has 70 valence electrons. The number of ether oxygens (including phenoxy) is 1. The fraction of sp³-hybridized carbons (Fsp3) is 0.333. The second-order valence-corrected chi connectivity index (χ2v) is 3.29. The number of carboxylic acid groups (broad SMARTS) is 1. The van der Waals surface area contributed by atoms with Gasteiger partial charge in [0.25, 0.3) is 0 Å². The van der Waals surface area contributed by atoms with Gasteiger partial charge in [0.05, 0.1) is 12.1 Å². The average molecular weight is 181 g/mol. The largest absolute Gasteiger partial charge is 0.478 e. The molecular formula is C9H11NO3. The van der Waals surface area contributed by atoms with E-state index in [2.05, 4.69) is 7.05 Å². The van der Waals surface area contributed by atoms with Crippen molar-refractivity contribution < 1.29 is 20.0 Å². The zero-order valence-electron chi connectivity index (χ0n) is 7.06. The van der Waals surface area contributed by atoms with E-state index in [-0.39, 0.29) is 11.7 Å². The van der Waals surface area contributed by atoms with Crippen LogP contribution in [0.25, 0.3) is 0 Å². The highest BCUT2D eigenvalue weighted by atomic mass is 16.6. The molecule has 0 radical (unpaired) electrons. The third-order valence-electron chi connectivity index (χ3n) is 2.39. The lowest BCUT2D eigenvalue weighted by Gasteiger charge is -2.04. The lowest BCUT2D eigenvalue weighted by molar-refractivity contribution is -0.545. The molecule has 13 heavy (non-hydrogen) atoms. The molecule has 0 unspecified atom stereocenters. The first-order valence-corrected chi connectivity index (χ1v) is 4.09. The first-order valence-electron chi connectivity index (χ1n) is 4.09. The van der Waals surface area contributed by atoms with Gasteiger partial charge in [0.15, 0.2) is 0 Å². The quantitative estimate of drug-likeness (QED) is 0.347. The molecule has 1 saturated heterocycles. The highest BCUT2D eigenvalue weighted by Crippen LogP contribution is 2.48. The van der Waals surface area contributed by atoms with Crippen LogP contribution >= 0.6 is 0 Å². The maximum Gasteiger partial charge on any atom is 0.328 e. The molecule has 1 aliphatic carbocycles. The maximum absolute atomic E-state index is 10.3. The standard InChI is InChI=1S/C9H11NO3/c1-10-6-4-7-9(5-6,13-7)3-2-8(11)12/h2-4,7H,1,5,10H2,(H,11,12)/b3-2+/t7-,9+/m1/s1. The molecule has 3 N–H and O–H groups in total. The van der Waals surface area contributed by atoms with Crippen LogP contribution in [0.3, 0.4) is 0 Å². The number of hydrogen-bond donors (Lipinski definition) is 2. The van der Waals surface area contributed by atoms with Crippen LogP contribution in [0.4, 0.5) is 0 Å². The van der Waals surface area contributed by atoms with Crippen molar-refractivity contribution in [3.05, 3.63) is 31.0 Å². The summed E-state index contributed by atoms with van der Waals surface area (Å²) < 4.78 is 5.35. The van der Waals surface area contributed by atoms with Crippen molar-refractivity contribution >= 4 is 5.97 Å². The van der Waals surface area contributed by atoms with Crippen molar-refractivity contribution in [2.45, 2.75) is 18.1 Å². The van der Waals surface area contributed by atoms with Gasteiger partial charge in [-0.2, -0.15) is 0 Å². The first-order chi connectivity index (χ1) is 6.16. The van der Waals surface area contributed by atoms with E-state index in [1.165, 1.54) is 0 Å². The van der Waals surface area contributed by atoms with Crippen molar-refractivity contribution in [1.29, 1.82) is 0 Å². The second kappa shape index (κ2) is 2.68. The fourth-order valence-corrected chi connectivity index (χ4v) is 1.64. The minimum Gasteiger partial charge on any atom is -0.478 e. The summed E-state index contributed by atoms with van der Waals surface area (Å²) in [5, 5.41) is 10.2. The Bertz CT molecular complexity index is 308. The van der Waals surface area contributed by atoms with Gasteiger partial charge in [0, 0.05) is 12.2 Å². The Morgan fingerprint density at radius 1 is 1.92 bits per heavy atom. The number of rotatable bonds is 3. The predicted octanol–water partition coefficient (Wildman–Crippen LogP) is -0.593. The molecule has 0 aromatic heterocycles. The molecule has 2 atom stereocenters. The van der Waals surface area contributed by atoms with Gasteiger partial charge in [-0.25, -0.2) is 4.79 Å². The van der Waals surface area contributed by atoms with Gasteiger partial charge in [-0.3, -0.25) is 0 Å². The van der Waals surface area contributed by atoms with E-state index in [9.17, 15) is 4.79 Å². The number of carboxylic acids is 1. The fourth-order valence-electron chi connectivity index (χ4n) is 1.64. The molecule has 2 aliphatic rings. The summed E-state index contributed by atoms with van der Waals surface area (Å²) in [4.78, 5) is 10.3. The lowest BCUT2D eigenvalue weighted by atomic mass is 10.1. The molecular weight excluding hydrogens is 170 g/mol. The highest BCUT2D eigenvalue weighted by molar-refractivity contribution is 5.80. The summed E-state index contributed by atoms with van der Waals surface area (Å²) in [6.45, 7) is 0. The number of nitrogens with two attached hydrogens (primary N) is 1. The molecule has 0 bridgehead atoms. The van der Waals surface area contributed by atoms with Crippen molar-refractivity contribution in [1.82, 2.24) is 0 Å². The SMILES string of the molecule is [CH2-][NH2+]C1=C[C@H]2O[C@@]2(/C=C/C(=O)O)C1. The molecule has 0 spiro atoms. The molecule has 1 fully saturated rings. The van der Waals surface area contributed by atoms with E-state index in [0.29, 0.717) is 0 Å². The smallest absolute Gasteiger partial charge is 0.328 e. The van der Waals surface area contributed by atoms with Crippen molar-refractivity contribution in [3.63, 3.8) is 0 Å². The number of quaternary nitrogens is 1.